The molecule has 0 radical (unpaired) electrons. The maximum atomic E-state index is 14.0. The van der Waals surface area contributed by atoms with Gasteiger partial charge in [-0.05, 0) is 159 Å². The molecule has 11 atom stereocenters. The van der Waals surface area contributed by atoms with Gasteiger partial charge in [-0.1, -0.05) is 61.5 Å². The Hall–Kier alpha value is -3.55. The number of aryl methyl sites for hydroxylation is 1. The number of benzene rings is 1. The number of aromatic nitrogens is 2. The van der Waals surface area contributed by atoms with Crippen molar-refractivity contribution < 1.29 is 24.3 Å². The SMILES string of the molecule is C.Cc1cn(-c2ccc(C(=O)NCCC34CCC5C(CCC6C5(C)CCC5C(C)(C)C(CC(=O)C7CC(C(=O)O)C7C)CCC56C)C3=C(C(C)C)C(=O)C4)cc2)cn1. The van der Waals surface area contributed by atoms with Crippen molar-refractivity contribution >= 4 is 23.4 Å². The lowest BCUT2D eigenvalue weighted by Crippen LogP contribution is -2.62. The van der Waals surface area contributed by atoms with E-state index < -0.39 is 5.97 Å². The molecule has 0 bridgehead atoms. The second-order valence-corrected chi connectivity index (χ2v) is 21.2. The number of aliphatic carboxylic acids is 1. The van der Waals surface area contributed by atoms with Crippen molar-refractivity contribution in [1.82, 2.24) is 14.9 Å². The van der Waals surface area contributed by atoms with Gasteiger partial charge in [0, 0.05) is 48.2 Å². The highest BCUT2D eigenvalue weighted by atomic mass is 16.4. The van der Waals surface area contributed by atoms with E-state index in [1.165, 1.54) is 24.8 Å². The number of rotatable bonds is 10. The zero-order chi connectivity index (χ0) is 40.8. The quantitative estimate of drug-likeness (QED) is 0.247. The number of carboxylic acid groups (broad SMARTS) is 1. The van der Waals surface area contributed by atoms with E-state index in [1.807, 2.05) is 48.9 Å². The molecule has 0 spiro atoms. The fourth-order valence-corrected chi connectivity index (χ4v) is 15.0. The van der Waals surface area contributed by atoms with Gasteiger partial charge in [-0.25, -0.2) is 4.98 Å². The molecule has 11 unspecified atom stereocenters. The molecule has 8 rings (SSSR count). The number of carbonyl (C=O) groups excluding carboxylic acids is 3. The Balaban J connectivity index is 0.00000512. The molecule has 316 valence electrons. The van der Waals surface area contributed by atoms with Crippen LogP contribution in [-0.4, -0.2) is 44.6 Å². The summed E-state index contributed by atoms with van der Waals surface area (Å²) in [7, 11) is 0. The highest BCUT2D eigenvalue weighted by Crippen LogP contribution is 2.74. The van der Waals surface area contributed by atoms with Gasteiger partial charge in [-0.15, -0.1) is 0 Å². The topological polar surface area (TPSA) is 118 Å². The van der Waals surface area contributed by atoms with Crippen LogP contribution in [0.2, 0.25) is 0 Å². The second-order valence-electron chi connectivity index (χ2n) is 21.2. The van der Waals surface area contributed by atoms with E-state index in [2.05, 4.69) is 51.8 Å². The van der Waals surface area contributed by atoms with E-state index in [1.54, 1.807) is 6.33 Å². The Morgan fingerprint density at radius 1 is 0.931 bits per heavy atom. The van der Waals surface area contributed by atoms with Gasteiger partial charge in [0.15, 0.2) is 5.78 Å². The number of amides is 1. The number of fused-ring (bicyclic) bond motifs is 7. The minimum absolute atomic E-state index is 0. The molecule has 1 amide bonds. The first-order chi connectivity index (χ1) is 26.9. The molecule has 8 nitrogen and oxygen atoms in total. The molecular weight excluding hydrogens is 723 g/mol. The summed E-state index contributed by atoms with van der Waals surface area (Å²) >= 11 is 0. The van der Waals surface area contributed by atoms with Gasteiger partial charge in [-0.3, -0.25) is 19.2 Å². The lowest BCUT2D eigenvalue weighted by Gasteiger charge is -2.69. The van der Waals surface area contributed by atoms with Crippen molar-refractivity contribution in [3.8, 4) is 5.69 Å². The highest BCUT2D eigenvalue weighted by Gasteiger charge is 2.66. The molecule has 0 aliphatic heterocycles. The van der Waals surface area contributed by atoms with Crippen LogP contribution in [0.25, 0.3) is 5.69 Å². The first-order valence-electron chi connectivity index (χ1n) is 22.3. The summed E-state index contributed by atoms with van der Waals surface area (Å²) < 4.78 is 1.96. The monoisotopic (exact) mass is 794 g/mol. The molecular formula is C50H71N3O5. The van der Waals surface area contributed by atoms with E-state index in [9.17, 15) is 24.3 Å². The Bertz CT molecular complexity index is 1980. The molecule has 1 aromatic heterocycles. The normalized spacial score (nSPS) is 37.4. The van der Waals surface area contributed by atoms with Gasteiger partial charge in [0.2, 0.25) is 0 Å². The zero-order valence-corrected chi connectivity index (χ0v) is 35.8. The summed E-state index contributed by atoms with van der Waals surface area (Å²) in [5, 5.41) is 12.8. The lowest BCUT2D eigenvalue weighted by molar-refractivity contribution is -0.193. The number of Topliss-reactive ketones (excluding diaryl/α,β-unsaturated/α-hetero) is 2. The van der Waals surface area contributed by atoms with Crippen molar-refractivity contribution in [2.45, 2.75) is 140 Å². The standard InChI is InChI=1S/C49H67N3O5.CH4/c1-28(2)42-39(54)25-49(21-22-50-44(55)31-9-11-33(12-10-31)52-26-29(3)51-27-52)20-16-37-34(43(42)49)13-14-41-47(37,7)19-17-40-46(5,6)32(15-18-48(40,41)8)23-38(53)35-24-36(30(35)4)45(56)57;/h9-12,26-28,30,32,34-37,40-41H,13-25H2,1-8H3,(H,50,55)(H,56,57);1H4. The summed E-state index contributed by atoms with van der Waals surface area (Å²) in [5.41, 5.74) is 5.39. The van der Waals surface area contributed by atoms with Crippen LogP contribution in [0.1, 0.15) is 149 Å². The summed E-state index contributed by atoms with van der Waals surface area (Å²) in [6.45, 7) is 19.0. The van der Waals surface area contributed by atoms with Crippen LogP contribution in [0.5, 0.6) is 0 Å². The van der Waals surface area contributed by atoms with E-state index in [0.717, 1.165) is 55.5 Å². The average Bonchev–Trinajstić information content (AvgIpc) is 3.72. The third-order valence-electron chi connectivity index (χ3n) is 18.0. The first kappa shape index (κ1) is 42.6. The molecule has 2 aromatic rings. The Labute approximate surface area is 347 Å². The second kappa shape index (κ2) is 15.2. The van der Waals surface area contributed by atoms with Crippen molar-refractivity contribution in [3.63, 3.8) is 0 Å². The van der Waals surface area contributed by atoms with Crippen LogP contribution in [0.3, 0.4) is 0 Å². The predicted octanol–water partition coefficient (Wildman–Crippen LogP) is 10.5. The summed E-state index contributed by atoms with van der Waals surface area (Å²) in [6, 6.07) is 7.66. The molecule has 1 aromatic carbocycles. The summed E-state index contributed by atoms with van der Waals surface area (Å²) in [4.78, 5) is 57.0. The van der Waals surface area contributed by atoms with E-state index in [0.29, 0.717) is 72.5 Å². The minimum atomic E-state index is -0.760. The van der Waals surface area contributed by atoms with Gasteiger partial charge in [-0.2, -0.15) is 0 Å². The van der Waals surface area contributed by atoms with Crippen molar-refractivity contribution in [2.24, 2.45) is 74.9 Å². The maximum Gasteiger partial charge on any atom is 0.306 e. The predicted molar refractivity (Wildman–Crippen MR) is 228 cm³/mol. The van der Waals surface area contributed by atoms with Gasteiger partial charge in [0.25, 0.3) is 5.91 Å². The fraction of sp³-hybridized carbons (Fsp3) is 0.700. The Morgan fingerprint density at radius 2 is 1.64 bits per heavy atom. The lowest BCUT2D eigenvalue weighted by atomic mass is 9.35. The maximum absolute atomic E-state index is 14.0. The number of carbonyl (C=O) groups is 4. The molecule has 6 aliphatic rings. The number of ketones is 2. The van der Waals surface area contributed by atoms with E-state index in [4.69, 9.17) is 0 Å². The van der Waals surface area contributed by atoms with Crippen LogP contribution < -0.4 is 5.32 Å². The molecule has 5 fully saturated rings. The Morgan fingerprint density at radius 3 is 2.28 bits per heavy atom. The number of carboxylic acids is 1. The van der Waals surface area contributed by atoms with Crippen LogP contribution in [0.15, 0.2) is 47.9 Å². The van der Waals surface area contributed by atoms with Gasteiger partial charge < -0.3 is 15.0 Å². The van der Waals surface area contributed by atoms with Crippen LogP contribution in [0, 0.1) is 81.8 Å². The number of hydrogen-bond acceptors (Lipinski definition) is 5. The third kappa shape index (κ3) is 6.65. The molecule has 8 heteroatoms. The zero-order valence-electron chi connectivity index (χ0n) is 35.8. The summed E-state index contributed by atoms with van der Waals surface area (Å²) in [6.07, 6.45) is 15.3. The molecule has 6 aliphatic carbocycles. The number of allylic oxidation sites excluding steroid dienone is 2. The van der Waals surface area contributed by atoms with Crippen molar-refractivity contribution in [2.75, 3.05) is 6.54 Å². The average molecular weight is 794 g/mol. The molecule has 5 saturated carbocycles. The largest absolute Gasteiger partial charge is 0.481 e. The number of imidazole rings is 1. The van der Waals surface area contributed by atoms with E-state index in [-0.39, 0.29) is 58.7 Å². The van der Waals surface area contributed by atoms with Gasteiger partial charge in [0.1, 0.15) is 5.78 Å². The molecule has 2 N–H and O–H groups in total. The number of hydrogen-bond donors (Lipinski definition) is 2. The fourth-order valence-electron chi connectivity index (χ4n) is 15.0. The molecule has 0 saturated heterocycles. The smallest absolute Gasteiger partial charge is 0.306 e. The first-order valence-corrected chi connectivity index (χ1v) is 22.3. The third-order valence-corrected chi connectivity index (χ3v) is 18.0. The number of nitrogens with one attached hydrogen (secondary N) is 1. The highest BCUT2D eigenvalue weighted by molar-refractivity contribution is 6.00. The molecule has 1 heterocycles. The van der Waals surface area contributed by atoms with Crippen molar-refractivity contribution in [3.05, 3.63) is 59.2 Å². The van der Waals surface area contributed by atoms with E-state index >= 15 is 0 Å². The Kier molecular flexibility index (Phi) is 11.1. The van der Waals surface area contributed by atoms with Crippen LogP contribution >= 0.6 is 0 Å². The summed E-state index contributed by atoms with van der Waals surface area (Å²) in [5.74, 6) is 1.92. The van der Waals surface area contributed by atoms with Crippen LogP contribution in [0.4, 0.5) is 0 Å². The number of nitrogens with zero attached hydrogens (tertiary/aromatic N) is 2. The van der Waals surface area contributed by atoms with Gasteiger partial charge >= 0.3 is 5.97 Å². The molecule has 58 heavy (non-hydrogen) atoms. The van der Waals surface area contributed by atoms with Gasteiger partial charge in [0.05, 0.1) is 17.9 Å². The van der Waals surface area contributed by atoms with Crippen molar-refractivity contribution in [1.29, 1.82) is 0 Å². The van der Waals surface area contributed by atoms with Crippen LogP contribution in [-0.2, 0) is 14.4 Å². The minimum Gasteiger partial charge on any atom is -0.481 e.